The maximum absolute atomic E-state index is 13.1. The van der Waals surface area contributed by atoms with E-state index in [2.05, 4.69) is 40.1 Å². The molecule has 0 radical (unpaired) electrons. The van der Waals surface area contributed by atoms with E-state index in [1.54, 1.807) is 12.1 Å². The summed E-state index contributed by atoms with van der Waals surface area (Å²) in [5.74, 6) is -0.446. The van der Waals surface area contributed by atoms with E-state index in [9.17, 15) is 22.8 Å². The third-order valence-electron chi connectivity index (χ3n) is 7.02. The predicted octanol–water partition coefficient (Wildman–Crippen LogP) is 6.96. The molecule has 1 aromatic heterocycles. The Hall–Kier alpha value is -3.47. The van der Waals surface area contributed by atoms with Gasteiger partial charge in [0.25, 0.3) is 5.91 Å². The van der Waals surface area contributed by atoms with Gasteiger partial charge in [0.15, 0.2) is 0 Å². The van der Waals surface area contributed by atoms with Crippen LogP contribution in [0.5, 0.6) is 5.75 Å². The second kappa shape index (κ2) is 11.2. The minimum absolute atomic E-state index is 0.0544. The number of nitrogens with zero attached hydrogens (tertiary/aromatic N) is 3. The summed E-state index contributed by atoms with van der Waals surface area (Å²) in [6.07, 6.45) is -1.95. The molecule has 0 aliphatic heterocycles. The molecule has 1 heterocycles. The lowest BCUT2D eigenvalue weighted by Gasteiger charge is -2.40. The number of ether oxygens (including phenoxy) is 2. The summed E-state index contributed by atoms with van der Waals surface area (Å²) in [6.45, 7) is 6.42. The number of fused-ring (bicyclic) bond motifs is 1. The summed E-state index contributed by atoms with van der Waals surface area (Å²) in [5.41, 5.74) is 1.99. The first-order valence-electron chi connectivity index (χ1n) is 12.8. The molecular weight excluding hydrogens is 549 g/mol. The Kier molecular flexibility index (Phi) is 8.26. The maximum atomic E-state index is 13.1. The molecule has 216 valence electrons. The van der Waals surface area contributed by atoms with Crippen LogP contribution in [0, 0.1) is 11.3 Å². The molecule has 2 aromatic carbocycles. The Morgan fingerprint density at radius 2 is 1.88 bits per heavy atom. The minimum Gasteiger partial charge on any atom is -0.468 e. The maximum Gasteiger partial charge on any atom is 0.573 e. The van der Waals surface area contributed by atoms with E-state index in [-0.39, 0.29) is 34.3 Å². The molecular formula is C28H32ClF3N4O4. The van der Waals surface area contributed by atoms with Gasteiger partial charge in [-0.3, -0.25) is 9.59 Å². The van der Waals surface area contributed by atoms with Crippen LogP contribution in [0.1, 0.15) is 56.4 Å². The number of benzene rings is 2. The van der Waals surface area contributed by atoms with Gasteiger partial charge in [-0.05, 0) is 67.0 Å². The molecule has 1 saturated carbocycles. The normalized spacial score (nSPS) is 18.8. The Bertz CT molecular complexity index is 1410. The highest BCUT2D eigenvalue weighted by atomic mass is 35.5. The molecule has 12 heteroatoms. The van der Waals surface area contributed by atoms with Crippen LogP contribution in [0.25, 0.3) is 11.0 Å². The second-order valence-electron chi connectivity index (χ2n) is 11.1. The van der Waals surface area contributed by atoms with Gasteiger partial charge in [0, 0.05) is 18.8 Å². The molecule has 40 heavy (non-hydrogen) atoms. The van der Waals surface area contributed by atoms with Gasteiger partial charge in [0.2, 0.25) is 5.95 Å². The fourth-order valence-electron chi connectivity index (χ4n) is 5.63. The number of carbonyl (C=O) groups is 2. The predicted molar refractivity (Wildman–Crippen MR) is 146 cm³/mol. The first kappa shape index (κ1) is 29.5. The number of halogens is 4. The summed E-state index contributed by atoms with van der Waals surface area (Å²) >= 11 is 6.62. The van der Waals surface area contributed by atoms with Crippen molar-refractivity contribution in [3.8, 4) is 5.75 Å². The number of amides is 1. The molecule has 1 aliphatic carbocycles. The zero-order chi connectivity index (χ0) is 29.4. The second-order valence-corrected chi connectivity index (χ2v) is 11.5. The molecule has 3 aromatic rings. The molecule has 1 unspecified atom stereocenters. The molecule has 4 rings (SSSR count). The van der Waals surface area contributed by atoms with Gasteiger partial charge in [0.05, 0.1) is 28.7 Å². The molecule has 0 saturated heterocycles. The third-order valence-corrected chi connectivity index (χ3v) is 7.33. The van der Waals surface area contributed by atoms with Gasteiger partial charge < -0.3 is 24.3 Å². The van der Waals surface area contributed by atoms with Crippen molar-refractivity contribution in [2.24, 2.45) is 11.3 Å². The van der Waals surface area contributed by atoms with Crippen LogP contribution in [0.3, 0.4) is 0 Å². The van der Waals surface area contributed by atoms with Gasteiger partial charge in [-0.1, -0.05) is 32.4 Å². The number of hydrogen-bond acceptors (Lipinski definition) is 6. The zero-order valence-electron chi connectivity index (χ0n) is 22.9. The summed E-state index contributed by atoms with van der Waals surface area (Å²) < 4.78 is 48.5. The molecule has 8 nitrogen and oxygen atoms in total. The van der Waals surface area contributed by atoms with Crippen LogP contribution in [0.4, 0.5) is 24.8 Å². The highest BCUT2D eigenvalue weighted by Crippen LogP contribution is 2.46. The van der Waals surface area contributed by atoms with Gasteiger partial charge in [-0.25, -0.2) is 4.98 Å². The van der Waals surface area contributed by atoms with Crippen LogP contribution in [-0.2, 0) is 9.53 Å². The van der Waals surface area contributed by atoms with Crippen molar-refractivity contribution < 1.29 is 32.2 Å². The summed E-state index contributed by atoms with van der Waals surface area (Å²) in [4.78, 5) is 30.8. The van der Waals surface area contributed by atoms with Crippen molar-refractivity contribution in [3.63, 3.8) is 0 Å². The van der Waals surface area contributed by atoms with E-state index in [4.69, 9.17) is 16.6 Å². The molecule has 1 N–H and O–H groups in total. The average Bonchev–Trinajstić information content (AvgIpc) is 3.18. The molecule has 1 aliphatic rings. The van der Waals surface area contributed by atoms with Crippen molar-refractivity contribution in [1.29, 1.82) is 0 Å². The zero-order valence-corrected chi connectivity index (χ0v) is 23.7. The van der Waals surface area contributed by atoms with Crippen molar-refractivity contribution in [3.05, 3.63) is 47.0 Å². The first-order chi connectivity index (χ1) is 18.7. The SMILES string of the molecule is COC(=O)CN(C)C(=O)c1cc2nc(Nc3ccc(OC(F)(F)F)cc3)n(C3C[C@H](C)CC(C)(C)C3)c2cc1Cl. The molecule has 0 bridgehead atoms. The van der Waals surface area contributed by atoms with Gasteiger partial charge >= 0.3 is 12.3 Å². The van der Waals surface area contributed by atoms with Crippen LogP contribution >= 0.6 is 11.6 Å². The van der Waals surface area contributed by atoms with E-state index in [1.165, 1.54) is 43.3 Å². The lowest BCUT2D eigenvalue weighted by atomic mass is 9.70. The van der Waals surface area contributed by atoms with Crippen LogP contribution in [0.15, 0.2) is 36.4 Å². The first-order valence-corrected chi connectivity index (χ1v) is 13.2. The Labute approximate surface area is 235 Å². The van der Waals surface area contributed by atoms with Crippen LogP contribution in [-0.4, -0.2) is 53.4 Å². The summed E-state index contributed by atoms with van der Waals surface area (Å²) in [5, 5.41) is 3.44. The van der Waals surface area contributed by atoms with Gasteiger partial charge in [0.1, 0.15) is 12.3 Å². The monoisotopic (exact) mass is 580 g/mol. The quantitative estimate of drug-likeness (QED) is 0.304. The number of rotatable bonds is 7. The highest BCUT2D eigenvalue weighted by Gasteiger charge is 2.35. The van der Waals surface area contributed by atoms with E-state index >= 15 is 0 Å². The minimum atomic E-state index is -4.78. The molecule has 2 atom stereocenters. The van der Waals surface area contributed by atoms with E-state index in [1.807, 2.05) is 0 Å². The number of likely N-dealkylation sites (N-methyl/N-ethyl adjacent to an activating group) is 1. The smallest absolute Gasteiger partial charge is 0.468 e. The lowest BCUT2D eigenvalue weighted by molar-refractivity contribution is -0.274. The van der Waals surface area contributed by atoms with Crippen molar-refractivity contribution in [1.82, 2.24) is 14.5 Å². The standard InChI is InChI=1S/C28H32ClF3N4O4/c1-16-10-18(14-27(2,3)13-16)36-23-12-21(29)20(25(38)35(4)15-24(37)39-5)11-22(23)34-26(36)33-17-6-8-19(9-7-17)40-28(30,31)32/h6-9,11-12,16,18H,10,13-15H2,1-5H3,(H,33,34)/t16-,18?/m0/s1. The number of hydrogen-bond donors (Lipinski definition) is 1. The van der Waals surface area contributed by atoms with Crippen molar-refractivity contribution in [2.45, 2.75) is 52.4 Å². The molecule has 1 amide bonds. The number of imidazole rings is 1. The Morgan fingerprint density at radius 1 is 1.20 bits per heavy atom. The topological polar surface area (TPSA) is 85.7 Å². The van der Waals surface area contributed by atoms with E-state index in [0.29, 0.717) is 28.6 Å². The van der Waals surface area contributed by atoms with Crippen LogP contribution < -0.4 is 10.1 Å². The number of aromatic nitrogens is 2. The molecule has 1 fully saturated rings. The molecule has 0 spiro atoms. The fourth-order valence-corrected chi connectivity index (χ4v) is 5.87. The van der Waals surface area contributed by atoms with E-state index in [0.717, 1.165) is 19.3 Å². The van der Waals surface area contributed by atoms with Gasteiger partial charge in [-0.2, -0.15) is 0 Å². The number of anilines is 2. The Balaban J connectivity index is 1.76. The summed E-state index contributed by atoms with van der Waals surface area (Å²) in [6, 6.07) is 8.73. The highest BCUT2D eigenvalue weighted by molar-refractivity contribution is 6.34. The van der Waals surface area contributed by atoms with Crippen molar-refractivity contribution in [2.75, 3.05) is 26.0 Å². The van der Waals surface area contributed by atoms with Gasteiger partial charge in [-0.15, -0.1) is 13.2 Å². The number of methoxy groups -OCH3 is 1. The third kappa shape index (κ3) is 6.80. The average molecular weight is 581 g/mol. The number of esters is 1. The Morgan fingerprint density at radius 3 is 2.48 bits per heavy atom. The summed E-state index contributed by atoms with van der Waals surface area (Å²) in [7, 11) is 2.72. The van der Waals surface area contributed by atoms with Crippen LogP contribution in [0.2, 0.25) is 5.02 Å². The van der Waals surface area contributed by atoms with E-state index < -0.39 is 18.2 Å². The van der Waals surface area contributed by atoms with Crippen molar-refractivity contribution >= 4 is 46.1 Å². The number of carbonyl (C=O) groups excluding carboxylic acids is 2. The lowest BCUT2D eigenvalue weighted by Crippen LogP contribution is -2.32. The number of nitrogens with one attached hydrogen (secondary N) is 1. The number of alkyl halides is 3. The fraction of sp³-hybridized carbons (Fsp3) is 0.464. The largest absolute Gasteiger partial charge is 0.573 e.